The largest absolute Gasteiger partial charge is 0.504 e. The lowest BCUT2D eigenvalue weighted by Gasteiger charge is -2.25. The van der Waals surface area contributed by atoms with Crippen molar-refractivity contribution in [3.63, 3.8) is 0 Å². The average molecular weight is 456 g/mol. The van der Waals surface area contributed by atoms with Crippen molar-refractivity contribution in [2.45, 2.75) is 50.0 Å². The number of hydrogen-bond donors (Lipinski definition) is 2. The van der Waals surface area contributed by atoms with Crippen LogP contribution in [0.3, 0.4) is 0 Å². The second kappa shape index (κ2) is 12.8. The molecule has 2 N–H and O–H groups in total. The van der Waals surface area contributed by atoms with E-state index < -0.39 is 15.0 Å². The highest BCUT2D eigenvalue weighted by atomic mass is 32.2. The fourth-order valence-corrected chi connectivity index (χ4v) is 4.46. The number of benzene rings is 1. The SMILES string of the molecule is C(=NCCN1CCOCC1)=NC1CCCCC1.COc1c(O)ccc(C)c1S(=O)(=O)O. The van der Waals surface area contributed by atoms with Crippen molar-refractivity contribution < 1.29 is 27.6 Å². The maximum atomic E-state index is 11.0. The summed E-state index contributed by atoms with van der Waals surface area (Å²) in [5.74, 6) is -0.571. The van der Waals surface area contributed by atoms with E-state index in [-0.39, 0.29) is 11.5 Å². The minimum absolute atomic E-state index is 0.243. The van der Waals surface area contributed by atoms with Crippen molar-refractivity contribution in [1.29, 1.82) is 0 Å². The number of phenols is 1. The molecule has 31 heavy (non-hydrogen) atoms. The van der Waals surface area contributed by atoms with Crippen molar-refractivity contribution in [3.8, 4) is 11.5 Å². The highest BCUT2D eigenvalue weighted by Gasteiger charge is 2.22. The Morgan fingerprint density at radius 2 is 1.90 bits per heavy atom. The van der Waals surface area contributed by atoms with Crippen LogP contribution < -0.4 is 4.74 Å². The van der Waals surface area contributed by atoms with Crippen LogP contribution in [0, 0.1) is 6.92 Å². The second-order valence-corrected chi connectivity index (χ2v) is 8.95. The number of aryl methyl sites for hydroxylation is 1. The molecule has 1 saturated heterocycles. The summed E-state index contributed by atoms with van der Waals surface area (Å²) in [5.41, 5.74) is 0.308. The summed E-state index contributed by atoms with van der Waals surface area (Å²) in [4.78, 5) is 10.6. The average Bonchev–Trinajstić information content (AvgIpc) is 2.76. The van der Waals surface area contributed by atoms with Crippen LogP contribution in [0.25, 0.3) is 0 Å². The van der Waals surface area contributed by atoms with Crippen LogP contribution in [-0.2, 0) is 14.9 Å². The number of ether oxygens (including phenoxy) is 2. The number of hydrogen-bond acceptors (Lipinski definition) is 8. The molecule has 9 nitrogen and oxygen atoms in total. The number of aliphatic imine (C=N–C) groups is 2. The summed E-state index contributed by atoms with van der Waals surface area (Å²) < 4.78 is 40.8. The molecule has 2 aliphatic rings. The summed E-state index contributed by atoms with van der Waals surface area (Å²) in [6.45, 7) is 7.11. The summed E-state index contributed by atoms with van der Waals surface area (Å²) in [6.07, 6.45) is 6.48. The zero-order chi connectivity index (χ0) is 22.7. The van der Waals surface area contributed by atoms with Gasteiger partial charge in [0.1, 0.15) is 4.90 Å². The zero-order valence-corrected chi connectivity index (χ0v) is 19.1. The Bertz CT molecular complexity index is 856. The molecule has 1 heterocycles. The van der Waals surface area contributed by atoms with Crippen molar-refractivity contribution in [2.75, 3.05) is 46.5 Å². The summed E-state index contributed by atoms with van der Waals surface area (Å²) in [5, 5.41) is 9.28. The molecule has 0 unspecified atom stereocenters. The van der Waals surface area contributed by atoms with E-state index in [1.54, 1.807) is 0 Å². The Balaban J connectivity index is 0.000000225. The summed E-state index contributed by atoms with van der Waals surface area (Å²) >= 11 is 0. The quantitative estimate of drug-likeness (QED) is 0.500. The van der Waals surface area contributed by atoms with Gasteiger partial charge in [-0.25, -0.2) is 9.98 Å². The molecule has 1 aliphatic heterocycles. The van der Waals surface area contributed by atoms with Gasteiger partial charge >= 0.3 is 0 Å². The maximum absolute atomic E-state index is 11.0. The predicted octanol–water partition coefficient (Wildman–Crippen LogP) is 2.78. The summed E-state index contributed by atoms with van der Waals surface area (Å²) in [6, 6.07) is 6.05. The molecule has 0 spiro atoms. The first kappa shape index (κ1) is 25.3. The van der Waals surface area contributed by atoms with Gasteiger partial charge in [-0.05, 0) is 31.4 Å². The molecule has 0 aromatic heterocycles. The highest BCUT2D eigenvalue weighted by Crippen LogP contribution is 2.35. The standard InChI is InChI=1S/C13H23N3O.C8H10O5S/c1-2-4-13(5-3-1)15-12-14-6-7-16-8-10-17-11-9-16;1-5-3-4-6(9)7(13-2)8(5)14(10,11)12/h13H,1-11H2;3-4,9H,1-2H3,(H,10,11,12). The molecule has 1 aliphatic carbocycles. The predicted molar refractivity (Wildman–Crippen MR) is 118 cm³/mol. The van der Waals surface area contributed by atoms with Crippen LogP contribution >= 0.6 is 0 Å². The molecule has 0 radical (unpaired) electrons. The molecule has 1 aromatic carbocycles. The first-order chi connectivity index (χ1) is 14.8. The van der Waals surface area contributed by atoms with Gasteiger partial charge in [-0.15, -0.1) is 0 Å². The van der Waals surface area contributed by atoms with Crippen LogP contribution in [0.5, 0.6) is 11.5 Å². The van der Waals surface area contributed by atoms with Crippen LogP contribution in [0.4, 0.5) is 0 Å². The molecule has 3 rings (SSSR count). The topological polar surface area (TPSA) is 121 Å². The monoisotopic (exact) mass is 455 g/mol. The van der Waals surface area contributed by atoms with Gasteiger partial charge in [0.15, 0.2) is 11.5 Å². The van der Waals surface area contributed by atoms with Gasteiger partial charge in [0, 0.05) is 19.6 Å². The van der Waals surface area contributed by atoms with Crippen molar-refractivity contribution in [2.24, 2.45) is 9.98 Å². The van der Waals surface area contributed by atoms with E-state index in [4.69, 9.17) is 14.0 Å². The Labute approximate surface area is 184 Å². The third kappa shape index (κ3) is 8.59. The molecule has 174 valence electrons. The van der Waals surface area contributed by atoms with Crippen molar-refractivity contribution in [1.82, 2.24) is 4.90 Å². The van der Waals surface area contributed by atoms with Crippen LogP contribution in [0.2, 0.25) is 0 Å². The van der Waals surface area contributed by atoms with Gasteiger partial charge in [0.2, 0.25) is 0 Å². The number of methoxy groups -OCH3 is 1. The molecular weight excluding hydrogens is 422 g/mol. The Kier molecular flexibility index (Phi) is 10.4. The molecule has 10 heteroatoms. The minimum atomic E-state index is -4.38. The van der Waals surface area contributed by atoms with E-state index in [0.717, 1.165) is 39.4 Å². The first-order valence-corrected chi connectivity index (χ1v) is 12.0. The van der Waals surface area contributed by atoms with E-state index in [1.807, 2.05) is 0 Å². The van der Waals surface area contributed by atoms with Crippen LogP contribution in [0.15, 0.2) is 27.0 Å². The number of rotatable bonds is 6. The van der Waals surface area contributed by atoms with Gasteiger partial charge in [-0.2, -0.15) is 8.42 Å². The van der Waals surface area contributed by atoms with E-state index in [1.165, 1.54) is 58.3 Å². The Hall–Kier alpha value is -1.97. The molecule has 1 saturated carbocycles. The molecule has 0 amide bonds. The lowest BCUT2D eigenvalue weighted by Crippen LogP contribution is -2.37. The maximum Gasteiger partial charge on any atom is 0.298 e. The Morgan fingerprint density at radius 3 is 2.48 bits per heavy atom. The lowest BCUT2D eigenvalue weighted by atomic mass is 9.96. The third-order valence-electron chi connectivity index (χ3n) is 5.27. The van der Waals surface area contributed by atoms with Gasteiger partial charge < -0.3 is 14.6 Å². The Morgan fingerprint density at radius 1 is 1.23 bits per heavy atom. The van der Waals surface area contributed by atoms with Gasteiger partial charge in [-0.1, -0.05) is 25.3 Å². The van der Waals surface area contributed by atoms with Crippen LogP contribution in [-0.4, -0.2) is 81.5 Å². The molecule has 0 bridgehead atoms. The van der Waals surface area contributed by atoms with Crippen LogP contribution in [0.1, 0.15) is 37.7 Å². The minimum Gasteiger partial charge on any atom is -0.504 e. The van der Waals surface area contributed by atoms with E-state index >= 15 is 0 Å². The number of morpholine rings is 1. The number of nitrogens with zero attached hydrogens (tertiary/aromatic N) is 3. The van der Waals surface area contributed by atoms with Crippen molar-refractivity contribution in [3.05, 3.63) is 17.7 Å². The van der Waals surface area contributed by atoms with Gasteiger partial charge in [0.25, 0.3) is 10.1 Å². The van der Waals surface area contributed by atoms with E-state index in [2.05, 4.69) is 20.9 Å². The normalized spacial score (nSPS) is 17.8. The number of phenolic OH excluding ortho intramolecular Hbond substituents is 1. The lowest BCUT2D eigenvalue weighted by molar-refractivity contribution is 0.0395. The zero-order valence-electron chi connectivity index (χ0n) is 18.3. The van der Waals surface area contributed by atoms with Gasteiger partial charge in [-0.3, -0.25) is 9.45 Å². The third-order valence-corrected chi connectivity index (χ3v) is 6.29. The van der Waals surface area contributed by atoms with E-state index in [9.17, 15) is 13.5 Å². The van der Waals surface area contributed by atoms with Crippen molar-refractivity contribution >= 4 is 16.1 Å². The highest BCUT2D eigenvalue weighted by molar-refractivity contribution is 7.86. The summed E-state index contributed by atoms with van der Waals surface area (Å²) in [7, 11) is -3.17. The first-order valence-electron chi connectivity index (χ1n) is 10.6. The van der Waals surface area contributed by atoms with Gasteiger partial charge in [0.05, 0.1) is 38.9 Å². The fourth-order valence-electron chi connectivity index (χ4n) is 3.57. The second-order valence-electron chi connectivity index (χ2n) is 7.60. The molecule has 1 aromatic rings. The number of aromatic hydroxyl groups is 1. The van der Waals surface area contributed by atoms with E-state index in [0.29, 0.717) is 11.6 Å². The molecule has 2 fully saturated rings. The fraction of sp³-hybridized carbons (Fsp3) is 0.667. The smallest absolute Gasteiger partial charge is 0.298 e. The molecule has 0 atom stereocenters. The molecular formula is C21H33N3O6S.